The van der Waals surface area contributed by atoms with Crippen molar-refractivity contribution in [2.24, 2.45) is 0 Å². The van der Waals surface area contributed by atoms with Crippen LogP contribution < -0.4 is 11.3 Å². The normalized spacial score (nSPS) is 32.9. The van der Waals surface area contributed by atoms with E-state index in [9.17, 15) is 14.3 Å². The van der Waals surface area contributed by atoms with Gasteiger partial charge in [0.2, 0.25) is 5.95 Å². The van der Waals surface area contributed by atoms with Crippen molar-refractivity contribution in [3.05, 3.63) is 16.7 Å². The summed E-state index contributed by atoms with van der Waals surface area (Å²) in [5.74, 6) is -0.189. The van der Waals surface area contributed by atoms with Crippen molar-refractivity contribution in [1.29, 1.82) is 0 Å². The van der Waals surface area contributed by atoms with Gasteiger partial charge in [-0.1, -0.05) is 11.6 Å². The lowest BCUT2D eigenvalue weighted by molar-refractivity contribution is -0.0482. The van der Waals surface area contributed by atoms with Gasteiger partial charge in [0.25, 0.3) is 10.7 Å². The van der Waals surface area contributed by atoms with Crippen LogP contribution in [0.1, 0.15) is 6.23 Å². The van der Waals surface area contributed by atoms with Crippen molar-refractivity contribution in [3.8, 4) is 0 Å². The maximum absolute atomic E-state index is 14.5. The fourth-order valence-corrected chi connectivity index (χ4v) is 2.53. The van der Waals surface area contributed by atoms with Crippen LogP contribution in [0.3, 0.4) is 0 Å². The number of nitrogen functional groups attached to an aromatic ring is 1. The number of H-pyrrole nitrogens is 1. The first-order valence-corrected chi connectivity index (χ1v) is 6.28. The fraction of sp³-hybridized carbons (Fsp3) is 0.500. The number of halogens is 2. The Morgan fingerprint density at radius 1 is 1.67 bits per heavy atom. The number of imidazole rings is 1. The van der Waals surface area contributed by atoms with E-state index in [0.717, 1.165) is 10.9 Å². The highest BCUT2D eigenvalue weighted by Gasteiger charge is 2.57. The third-order valence-corrected chi connectivity index (χ3v) is 3.67. The molecule has 4 atom stereocenters. The molecule has 5 N–H and O–H groups in total. The van der Waals surface area contributed by atoms with Gasteiger partial charge in [0.1, 0.15) is 12.2 Å². The second-order valence-corrected chi connectivity index (χ2v) is 5.18. The number of fused-ring (bicyclic) bond motifs is 1. The van der Waals surface area contributed by atoms with Gasteiger partial charge in [-0.3, -0.25) is 14.3 Å². The molecule has 2 aromatic heterocycles. The van der Waals surface area contributed by atoms with Crippen molar-refractivity contribution in [2.75, 3.05) is 12.3 Å². The van der Waals surface area contributed by atoms with Crippen LogP contribution in [-0.4, -0.2) is 53.7 Å². The number of hydrogen-bond donors (Lipinski definition) is 4. The minimum atomic E-state index is -2.72. The third kappa shape index (κ3) is 1.99. The van der Waals surface area contributed by atoms with Crippen molar-refractivity contribution in [1.82, 2.24) is 19.5 Å². The van der Waals surface area contributed by atoms with E-state index in [1.165, 1.54) is 0 Å². The molecule has 3 rings (SSSR count). The summed E-state index contributed by atoms with van der Waals surface area (Å²) < 4.78 is 20.7. The molecule has 2 unspecified atom stereocenters. The van der Waals surface area contributed by atoms with Crippen molar-refractivity contribution in [3.63, 3.8) is 0 Å². The molecule has 9 nitrogen and oxygen atoms in total. The molecule has 0 aliphatic carbocycles. The van der Waals surface area contributed by atoms with Gasteiger partial charge in [0, 0.05) is 0 Å². The third-order valence-electron chi connectivity index (χ3n) is 3.26. The smallest absolute Gasteiger partial charge is 0.280 e. The number of rotatable bonds is 2. The Hall–Kier alpha value is -1.75. The summed E-state index contributed by atoms with van der Waals surface area (Å²) in [7, 11) is 0. The highest BCUT2D eigenvalue weighted by Crippen LogP contribution is 2.45. The van der Waals surface area contributed by atoms with E-state index in [4.69, 9.17) is 27.2 Å². The second-order valence-electron chi connectivity index (χ2n) is 4.60. The number of aromatic nitrogens is 4. The number of anilines is 1. The van der Waals surface area contributed by atoms with E-state index < -0.39 is 35.7 Å². The average molecular weight is 320 g/mol. The van der Waals surface area contributed by atoms with Crippen LogP contribution in [0.5, 0.6) is 0 Å². The molecule has 0 amide bonds. The molecule has 0 aromatic carbocycles. The van der Waals surface area contributed by atoms with Gasteiger partial charge in [-0.05, 0) is 0 Å². The lowest BCUT2D eigenvalue weighted by atomic mass is 10.1. The standard InChI is InChI=1S/C10H11ClFN5O4/c11-10(12)5(19)3(1-18)21-8(10)17-2-14-4-6(17)15-9(13)16-7(4)20/h2-3,5,8,18-19H,1H2,(H3,13,15,16,20)/t3-,5?,8-,10?/m1/s1. The lowest BCUT2D eigenvalue weighted by Gasteiger charge is -2.22. The predicted molar refractivity (Wildman–Crippen MR) is 69.3 cm³/mol. The minimum Gasteiger partial charge on any atom is -0.394 e. The average Bonchev–Trinajstić information content (AvgIpc) is 2.91. The Morgan fingerprint density at radius 2 is 2.38 bits per heavy atom. The Balaban J connectivity index is 2.15. The molecule has 0 bridgehead atoms. The highest BCUT2D eigenvalue weighted by molar-refractivity contribution is 6.23. The van der Waals surface area contributed by atoms with Gasteiger partial charge < -0.3 is 20.7 Å². The number of nitrogens with two attached hydrogens (primary N) is 1. The monoisotopic (exact) mass is 319 g/mol. The van der Waals surface area contributed by atoms with Crippen molar-refractivity contribution in [2.45, 2.75) is 23.6 Å². The predicted octanol–water partition coefficient (Wildman–Crippen LogP) is -1.14. The summed E-state index contributed by atoms with van der Waals surface area (Å²) in [6, 6.07) is 0. The zero-order chi connectivity index (χ0) is 15.4. The Morgan fingerprint density at radius 3 is 3.00 bits per heavy atom. The number of hydrogen-bond acceptors (Lipinski definition) is 7. The molecule has 114 valence electrons. The molecule has 0 spiro atoms. The van der Waals surface area contributed by atoms with E-state index in [2.05, 4.69) is 15.0 Å². The first-order valence-electron chi connectivity index (χ1n) is 5.90. The van der Waals surface area contributed by atoms with Gasteiger partial charge in [0.05, 0.1) is 12.9 Å². The van der Waals surface area contributed by atoms with Gasteiger partial charge in [-0.2, -0.15) is 4.98 Å². The maximum atomic E-state index is 14.5. The summed E-state index contributed by atoms with van der Waals surface area (Å²) in [6.45, 7) is -0.626. The van der Waals surface area contributed by atoms with Crippen LogP contribution in [-0.2, 0) is 4.74 Å². The van der Waals surface area contributed by atoms with Crippen LogP contribution in [0.15, 0.2) is 11.1 Å². The lowest BCUT2D eigenvalue weighted by Crippen LogP contribution is -2.38. The van der Waals surface area contributed by atoms with E-state index in [0.29, 0.717) is 0 Å². The van der Waals surface area contributed by atoms with Crippen LogP contribution in [0, 0.1) is 0 Å². The number of aromatic amines is 1. The van der Waals surface area contributed by atoms with Crippen LogP contribution in [0.25, 0.3) is 11.2 Å². The Labute approximate surface area is 121 Å². The summed E-state index contributed by atoms with van der Waals surface area (Å²) in [5, 5.41) is 16.1. The summed E-state index contributed by atoms with van der Waals surface area (Å²) in [5.41, 5.74) is 4.70. The molecule has 21 heavy (non-hydrogen) atoms. The zero-order valence-corrected chi connectivity index (χ0v) is 11.2. The fourth-order valence-electron chi connectivity index (χ4n) is 2.23. The SMILES string of the molecule is Nc1nc2c(ncn2[C@@H]2O[C@H](CO)C(O)C2(F)Cl)c(=O)[nH]1. The number of nitrogens with one attached hydrogen (secondary N) is 1. The summed E-state index contributed by atoms with van der Waals surface area (Å²) >= 11 is 5.68. The molecule has 11 heteroatoms. The molecule has 3 heterocycles. The first kappa shape index (κ1) is 14.2. The highest BCUT2D eigenvalue weighted by atomic mass is 35.5. The first-order chi connectivity index (χ1) is 9.86. The zero-order valence-electron chi connectivity index (χ0n) is 10.4. The minimum absolute atomic E-state index is 0.0466. The molecule has 2 aromatic rings. The number of alkyl halides is 2. The molecule has 0 saturated carbocycles. The van der Waals surface area contributed by atoms with Gasteiger partial charge in [-0.25, -0.2) is 9.37 Å². The largest absolute Gasteiger partial charge is 0.394 e. The molecule has 1 aliphatic heterocycles. The van der Waals surface area contributed by atoms with Gasteiger partial charge >= 0.3 is 0 Å². The molecule has 1 fully saturated rings. The van der Waals surface area contributed by atoms with Crippen LogP contribution >= 0.6 is 11.6 Å². The number of aliphatic hydroxyl groups is 2. The Bertz CT molecular complexity index is 747. The number of nitrogens with zero attached hydrogens (tertiary/aromatic N) is 3. The molecular formula is C10H11ClFN5O4. The van der Waals surface area contributed by atoms with Crippen LogP contribution in [0.4, 0.5) is 10.3 Å². The second kappa shape index (κ2) is 4.63. The maximum Gasteiger partial charge on any atom is 0.280 e. The Kier molecular flexibility index (Phi) is 3.13. The van der Waals surface area contributed by atoms with E-state index in [-0.39, 0.29) is 17.1 Å². The molecule has 1 saturated heterocycles. The van der Waals surface area contributed by atoms with E-state index in [1.807, 2.05) is 0 Å². The quantitative estimate of drug-likeness (QED) is 0.513. The van der Waals surface area contributed by atoms with E-state index >= 15 is 0 Å². The topological polar surface area (TPSA) is 139 Å². The van der Waals surface area contributed by atoms with Gasteiger partial charge in [0.15, 0.2) is 17.4 Å². The number of ether oxygens (including phenoxy) is 1. The molecule has 0 radical (unpaired) electrons. The number of aliphatic hydroxyl groups excluding tert-OH is 2. The summed E-state index contributed by atoms with van der Waals surface area (Å²) in [4.78, 5) is 21.6. The van der Waals surface area contributed by atoms with E-state index in [1.54, 1.807) is 0 Å². The molecule has 1 aliphatic rings. The van der Waals surface area contributed by atoms with Crippen LogP contribution in [0.2, 0.25) is 0 Å². The van der Waals surface area contributed by atoms with Gasteiger partial charge in [-0.15, -0.1) is 0 Å². The van der Waals surface area contributed by atoms with Crippen molar-refractivity contribution < 1.29 is 19.3 Å². The molecular weight excluding hydrogens is 309 g/mol. The van der Waals surface area contributed by atoms with Crippen molar-refractivity contribution >= 4 is 28.7 Å². The summed E-state index contributed by atoms with van der Waals surface area (Å²) in [6.07, 6.45) is -3.40.